The standard InChI is InChI=1S/C18H25N3OS2/c1-12(2)10-21-14(4)13(3)19-18(21)24-11-17(22)20-15-8-6-7-9-16(15)23-5/h6-9,12H,10-11H2,1-5H3,(H,20,22). The van der Waals surface area contributed by atoms with Crippen LogP contribution in [0.3, 0.4) is 0 Å². The molecule has 0 aliphatic rings. The maximum absolute atomic E-state index is 12.3. The fraction of sp³-hybridized carbons (Fsp3) is 0.444. The van der Waals surface area contributed by atoms with Crippen LogP contribution in [0.2, 0.25) is 0 Å². The molecule has 6 heteroatoms. The van der Waals surface area contributed by atoms with E-state index in [4.69, 9.17) is 0 Å². The van der Waals surface area contributed by atoms with Crippen molar-refractivity contribution in [2.75, 3.05) is 17.3 Å². The zero-order valence-electron chi connectivity index (χ0n) is 14.9. The van der Waals surface area contributed by atoms with Crippen LogP contribution in [0, 0.1) is 19.8 Å². The number of amides is 1. The van der Waals surface area contributed by atoms with Crippen LogP contribution in [0.25, 0.3) is 0 Å². The lowest BCUT2D eigenvalue weighted by molar-refractivity contribution is -0.113. The van der Waals surface area contributed by atoms with Gasteiger partial charge in [-0.3, -0.25) is 4.79 Å². The molecular formula is C18H25N3OS2. The molecule has 1 amide bonds. The maximum atomic E-state index is 12.3. The Morgan fingerprint density at radius 2 is 2.00 bits per heavy atom. The zero-order chi connectivity index (χ0) is 17.7. The molecule has 1 aromatic heterocycles. The van der Waals surface area contributed by atoms with Gasteiger partial charge in [-0.1, -0.05) is 37.7 Å². The highest BCUT2D eigenvalue weighted by atomic mass is 32.2. The second-order valence-corrected chi connectivity index (χ2v) is 7.90. The normalized spacial score (nSPS) is 11.1. The Hall–Kier alpha value is -1.40. The molecule has 0 spiro atoms. The lowest BCUT2D eigenvalue weighted by atomic mass is 10.2. The van der Waals surface area contributed by atoms with E-state index in [2.05, 4.69) is 35.6 Å². The van der Waals surface area contributed by atoms with Gasteiger partial charge in [0.1, 0.15) is 0 Å². The maximum Gasteiger partial charge on any atom is 0.234 e. The summed E-state index contributed by atoms with van der Waals surface area (Å²) in [5.41, 5.74) is 3.08. The quantitative estimate of drug-likeness (QED) is 0.730. The average Bonchev–Trinajstić information content (AvgIpc) is 2.81. The van der Waals surface area contributed by atoms with Crippen molar-refractivity contribution in [3.8, 4) is 0 Å². The molecule has 0 saturated heterocycles. The van der Waals surface area contributed by atoms with Crippen LogP contribution >= 0.6 is 23.5 Å². The van der Waals surface area contributed by atoms with Gasteiger partial charge in [-0.05, 0) is 38.2 Å². The average molecular weight is 364 g/mol. The largest absolute Gasteiger partial charge is 0.324 e. The van der Waals surface area contributed by atoms with Crippen molar-refractivity contribution in [1.82, 2.24) is 9.55 Å². The molecule has 130 valence electrons. The number of thioether (sulfide) groups is 2. The molecule has 0 bridgehead atoms. The summed E-state index contributed by atoms with van der Waals surface area (Å²) in [6, 6.07) is 7.85. The number of nitrogens with one attached hydrogen (secondary N) is 1. The minimum absolute atomic E-state index is 0.00379. The minimum atomic E-state index is -0.00379. The highest BCUT2D eigenvalue weighted by molar-refractivity contribution is 7.99. The second kappa shape index (κ2) is 8.62. The highest BCUT2D eigenvalue weighted by Gasteiger charge is 2.14. The van der Waals surface area contributed by atoms with Gasteiger partial charge in [0.2, 0.25) is 5.91 Å². The van der Waals surface area contributed by atoms with E-state index in [0.29, 0.717) is 11.7 Å². The molecule has 1 N–H and O–H groups in total. The number of nitrogens with zero attached hydrogens (tertiary/aromatic N) is 2. The first-order chi connectivity index (χ1) is 11.4. The van der Waals surface area contributed by atoms with Gasteiger partial charge in [-0.2, -0.15) is 0 Å². The van der Waals surface area contributed by atoms with Crippen molar-refractivity contribution in [2.24, 2.45) is 5.92 Å². The third kappa shape index (κ3) is 4.80. The first-order valence-corrected chi connectivity index (χ1v) is 10.2. The molecule has 0 aliphatic carbocycles. The Labute approximate surface area is 152 Å². The van der Waals surface area contributed by atoms with Gasteiger partial charge in [0, 0.05) is 17.1 Å². The Morgan fingerprint density at radius 1 is 1.29 bits per heavy atom. The number of aryl methyl sites for hydroxylation is 1. The molecule has 0 fully saturated rings. The van der Waals surface area contributed by atoms with Gasteiger partial charge in [0.15, 0.2) is 5.16 Å². The highest BCUT2D eigenvalue weighted by Crippen LogP contribution is 2.26. The summed E-state index contributed by atoms with van der Waals surface area (Å²) in [6.45, 7) is 9.41. The minimum Gasteiger partial charge on any atom is -0.324 e. The number of carbonyl (C=O) groups is 1. The molecule has 0 radical (unpaired) electrons. The van der Waals surface area contributed by atoms with Gasteiger partial charge < -0.3 is 9.88 Å². The predicted molar refractivity (Wildman–Crippen MR) is 104 cm³/mol. The Bertz CT molecular complexity index is 710. The molecule has 0 saturated carbocycles. The first-order valence-electron chi connectivity index (χ1n) is 8.01. The van der Waals surface area contributed by atoms with Crippen LogP contribution in [0.1, 0.15) is 25.2 Å². The molecule has 0 unspecified atom stereocenters. The van der Waals surface area contributed by atoms with Crippen molar-refractivity contribution in [3.63, 3.8) is 0 Å². The van der Waals surface area contributed by atoms with Gasteiger partial charge in [-0.15, -0.1) is 11.8 Å². The van der Waals surface area contributed by atoms with E-state index >= 15 is 0 Å². The zero-order valence-corrected chi connectivity index (χ0v) is 16.6. The van der Waals surface area contributed by atoms with Crippen molar-refractivity contribution in [2.45, 2.75) is 44.3 Å². The monoisotopic (exact) mass is 363 g/mol. The molecule has 1 heterocycles. The summed E-state index contributed by atoms with van der Waals surface area (Å²) in [5.74, 6) is 0.895. The van der Waals surface area contributed by atoms with Crippen LogP contribution in [0.4, 0.5) is 5.69 Å². The number of hydrogen-bond donors (Lipinski definition) is 1. The molecule has 0 atom stereocenters. The van der Waals surface area contributed by atoms with Crippen molar-refractivity contribution >= 4 is 35.1 Å². The van der Waals surface area contributed by atoms with E-state index in [1.807, 2.05) is 37.4 Å². The number of para-hydroxylation sites is 1. The third-order valence-electron chi connectivity index (χ3n) is 3.68. The summed E-state index contributed by atoms with van der Waals surface area (Å²) in [6.07, 6.45) is 2.01. The number of carbonyl (C=O) groups excluding carboxylic acids is 1. The Morgan fingerprint density at radius 3 is 2.67 bits per heavy atom. The molecule has 0 aliphatic heterocycles. The fourth-order valence-corrected chi connectivity index (χ4v) is 3.83. The fourth-order valence-electron chi connectivity index (χ4n) is 2.38. The molecule has 4 nitrogen and oxygen atoms in total. The molecule has 1 aromatic carbocycles. The number of rotatable bonds is 7. The van der Waals surface area contributed by atoms with Crippen molar-refractivity contribution < 1.29 is 4.79 Å². The van der Waals surface area contributed by atoms with E-state index < -0.39 is 0 Å². The van der Waals surface area contributed by atoms with Crippen LogP contribution in [-0.2, 0) is 11.3 Å². The summed E-state index contributed by atoms with van der Waals surface area (Å²) in [7, 11) is 0. The van der Waals surface area contributed by atoms with E-state index in [-0.39, 0.29) is 5.91 Å². The third-order valence-corrected chi connectivity index (χ3v) is 5.46. The number of aromatic nitrogens is 2. The van der Waals surface area contributed by atoms with Crippen LogP contribution < -0.4 is 5.32 Å². The Kier molecular flexibility index (Phi) is 6.80. The molecular weight excluding hydrogens is 338 g/mol. The number of benzene rings is 1. The van der Waals surface area contributed by atoms with Crippen LogP contribution in [0.5, 0.6) is 0 Å². The summed E-state index contributed by atoms with van der Waals surface area (Å²) in [4.78, 5) is 18.0. The number of hydrogen-bond acceptors (Lipinski definition) is 4. The summed E-state index contributed by atoms with van der Waals surface area (Å²) < 4.78 is 2.22. The van der Waals surface area contributed by atoms with Crippen LogP contribution in [0.15, 0.2) is 34.3 Å². The first kappa shape index (κ1) is 18.9. The topological polar surface area (TPSA) is 46.9 Å². The number of imidazole rings is 1. The van der Waals surface area contributed by atoms with E-state index in [1.54, 1.807) is 11.8 Å². The molecule has 2 aromatic rings. The van der Waals surface area contributed by atoms with Gasteiger partial charge >= 0.3 is 0 Å². The van der Waals surface area contributed by atoms with Gasteiger partial charge in [0.25, 0.3) is 0 Å². The summed E-state index contributed by atoms with van der Waals surface area (Å²) >= 11 is 3.13. The van der Waals surface area contributed by atoms with E-state index in [9.17, 15) is 4.79 Å². The lowest BCUT2D eigenvalue weighted by Gasteiger charge is -2.12. The van der Waals surface area contributed by atoms with Crippen molar-refractivity contribution in [3.05, 3.63) is 35.7 Å². The van der Waals surface area contributed by atoms with Gasteiger partial charge in [0.05, 0.1) is 17.1 Å². The van der Waals surface area contributed by atoms with E-state index in [0.717, 1.165) is 28.0 Å². The summed E-state index contributed by atoms with van der Waals surface area (Å²) in [5, 5.41) is 3.92. The van der Waals surface area contributed by atoms with E-state index in [1.165, 1.54) is 17.5 Å². The SMILES string of the molecule is CSc1ccccc1NC(=O)CSc1nc(C)c(C)n1CC(C)C. The number of anilines is 1. The molecule has 2 rings (SSSR count). The smallest absolute Gasteiger partial charge is 0.234 e. The lowest BCUT2D eigenvalue weighted by Crippen LogP contribution is -2.15. The van der Waals surface area contributed by atoms with Crippen LogP contribution in [-0.4, -0.2) is 27.5 Å². The van der Waals surface area contributed by atoms with Crippen molar-refractivity contribution in [1.29, 1.82) is 0 Å². The molecule has 24 heavy (non-hydrogen) atoms. The van der Waals surface area contributed by atoms with Gasteiger partial charge in [-0.25, -0.2) is 4.98 Å². The second-order valence-electron chi connectivity index (χ2n) is 6.11. The Balaban J connectivity index is 2.03. The predicted octanol–water partition coefficient (Wildman–Crippen LogP) is 4.61.